The van der Waals surface area contributed by atoms with E-state index in [4.69, 9.17) is 4.74 Å². The lowest BCUT2D eigenvalue weighted by Crippen LogP contribution is -2.36. The third kappa shape index (κ3) is 5.01. The summed E-state index contributed by atoms with van der Waals surface area (Å²) < 4.78 is 4.81. The Balaban J connectivity index is 2.68. The van der Waals surface area contributed by atoms with Crippen molar-refractivity contribution < 1.29 is 9.53 Å². The molecular weight excluding hydrogens is 240 g/mol. The van der Waals surface area contributed by atoms with Gasteiger partial charge in [-0.2, -0.15) is 0 Å². The van der Waals surface area contributed by atoms with Gasteiger partial charge in [-0.25, -0.2) is 0 Å². The van der Waals surface area contributed by atoms with Crippen LogP contribution in [0.2, 0.25) is 0 Å². The molecule has 1 amide bonds. The number of methoxy groups -OCH3 is 1. The quantitative estimate of drug-likeness (QED) is 0.813. The van der Waals surface area contributed by atoms with Crippen LogP contribution in [0.5, 0.6) is 0 Å². The van der Waals surface area contributed by atoms with Gasteiger partial charge < -0.3 is 15.0 Å². The van der Waals surface area contributed by atoms with Crippen molar-refractivity contribution in [3.63, 3.8) is 0 Å². The number of hydrogen-bond donors (Lipinski definition) is 1. The molecule has 1 aromatic rings. The zero-order chi connectivity index (χ0) is 14.3. The van der Waals surface area contributed by atoms with Crippen molar-refractivity contribution in [1.29, 1.82) is 0 Å². The zero-order valence-corrected chi connectivity index (χ0v) is 12.3. The summed E-state index contributed by atoms with van der Waals surface area (Å²) in [6.45, 7) is 2.83. The SMILES string of the molecule is CCc1ccc(C(CNC(=O)COC)N(C)C)cc1. The fraction of sp³-hybridized carbons (Fsp3) is 0.533. The molecule has 1 N–H and O–H groups in total. The largest absolute Gasteiger partial charge is 0.375 e. The van der Waals surface area contributed by atoms with E-state index in [0.717, 1.165) is 6.42 Å². The molecule has 0 aliphatic rings. The van der Waals surface area contributed by atoms with Crippen LogP contribution in [0.25, 0.3) is 0 Å². The first-order chi connectivity index (χ1) is 9.08. The lowest BCUT2D eigenvalue weighted by atomic mass is 10.0. The molecule has 0 aliphatic heterocycles. The molecule has 1 rings (SSSR count). The smallest absolute Gasteiger partial charge is 0.246 e. The monoisotopic (exact) mass is 264 g/mol. The number of amides is 1. The van der Waals surface area contributed by atoms with Crippen LogP contribution in [0, 0.1) is 0 Å². The van der Waals surface area contributed by atoms with Gasteiger partial charge in [-0.05, 0) is 31.6 Å². The average Bonchev–Trinajstić information content (AvgIpc) is 2.39. The number of ether oxygens (including phenoxy) is 1. The molecule has 0 aliphatic carbocycles. The second kappa shape index (κ2) is 7.92. The molecule has 1 unspecified atom stereocenters. The molecule has 4 nitrogen and oxygen atoms in total. The van der Waals surface area contributed by atoms with Crippen molar-refractivity contribution in [3.8, 4) is 0 Å². The third-order valence-electron chi connectivity index (χ3n) is 3.16. The predicted molar refractivity (Wildman–Crippen MR) is 77.1 cm³/mol. The number of nitrogens with one attached hydrogen (secondary N) is 1. The number of rotatable bonds is 7. The molecule has 0 saturated carbocycles. The Labute approximate surface area is 115 Å². The van der Waals surface area contributed by atoms with Crippen LogP contribution in [0.3, 0.4) is 0 Å². The van der Waals surface area contributed by atoms with E-state index in [1.54, 1.807) is 0 Å². The van der Waals surface area contributed by atoms with Crippen LogP contribution >= 0.6 is 0 Å². The van der Waals surface area contributed by atoms with Gasteiger partial charge in [0.25, 0.3) is 0 Å². The molecule has 0 heterocycles. The molecule has 1 aromatic carbocycles. The van der Waals surface area contributed by atoms with Crippen LogP contribution < -0.4 is 5.32 Å². The van der Waals surface area contributed by atoms with E-state index in [0.29, 0.717) is 6.54 Å². The zero-order valence-electron chi connectivity index (χ0n) is 12.3. The van der Waals surface area contributed by atoms with Gasteiger partial charge in [0.2, 0.25) is 5.91 Å². The van der Waals surface area contributed by atoms with Crippen LogP contribution in [-0.2, 0) is 16.0 Å². The first kappa shape index (κ1) is 15.7. The maximum absolute atomic E-state index is 11.4. The molecule has 0 saturated heterocycles. The predicted octanol–water partition coefficient (Wildman–Crippen LogP) is 1.61. The van der Waals surface area contributed by atoms with E-state index < -0.39 is 0 Å². The number of benzene rings is 1. The van der Waals surface area contributed by atoms with Gasteiger partial charge in [-0.15, -0.1) is 0 Å². The summed E-state index contributed by atoms with van der Waals surface area (Å²) in [4.78, 5) is 13.6. The first-order valence-corrected chi connectivity index (χ1v) is 6.59. The lowest BCUT2D eigenvalue weighted by Gasteiger charge is -2.25. The minimum Gasteiger partial charge on any atom is -0.375 e. The Morgan fingerprint density at radius 3 is 2.42 bits per heavy atom. The van der Waals surface area contributed by atoms with Gasteiger partial charge in [0.05, 0.1) is 6.04 Å². The van der Waals surface area contributed by atoms with E-state index in [1.807, 2.05) is 14.1 Å². The summed E-state index contributed by atoms with van der Waals surface area (Å²) in [7, 11) is 5.55. The van der Waals surface area contributed by atoms with Gasteiger partial charge in [-0.3, -0.25) is 4.79 Å². The van der Waals surface area contributed by atoms with Crippen molar-refractivity contribution in [2.75, 3.05) is 34.4 Å². The van der Waals surface area contributed by atoms with E-state index in [9.17, 15) is 4.79 Å². The van der Waals surface area contributed by atoms with Crippen molar-refractivity contribution in [3.05, 3.63) is 35.4 Å². The second-order valence-corrected chi connectivity index (χ2v) is 4.81. The van der Waals surface area contributed by atoms with Crippen molar-refractivity contribution >= 4 is 5.91 Å². The van der Waals surface area contributed by atoms with Gasteiger partial charge >= 0.3 is 0 Å². The standard InChI is InChI=1S/C15H24N2O2/c1-5-12-6-8-13(9-7-12)14(17(2)3)10-16-15(18)11-19-4/h6-9,14H,5,10-11H2,1-4H3,(H,16,18). The van der Waals surface area contributed by atoms with Gasteiger partial charge in [0, 0.05) is 13.7 Å². The minimum atomic E-state index is -0.0838. The fourth-order valence-electron chi connectivity index (χ4n) is 1.97. The second-order valence-electron chi connectivity index (χ2n) is 4.81. The Kier molecular flexibility index (Phi) is 6.53. The van der Waals surface area contributed by atoms with Gasteiger partial charge in [0.15, 0.2) is 0 Å². The number of carbonyl (C=O) groups excluding carboxylic acids is 1. The van der Waals surface area contributed by atoms with Crippen LogP contribution in [0.15, 0.2) is 24.3 Å². The molecule has 0 spiro atoms. The van der Waals surface area contributed by atoms with Crippen LogP contribution in [-0.4, -0.2) is 45.2 Å². The summed E-state index contributed by atoms with van der Waals surface area (Å²) in [6.07, 6.45) is 1.04. The van der Waals surface area contributed by atoms with Crippen molar-refractivity contribution in [1.82, 2.24) is 10.2 Å². The van der Waals surface area contributed by atoms with Crippen LogP contribution in [0.4, 0.5) is 0 Å². The third-order valence-corrected chi connectivity index (χ3v) is 3.16. The summed E-state index contributed by atoms with van der Waals surface area (Å²) in [5.74, 6) is -0.0838. The number of likely N-dealkylation sites (N-methyl/N-ethyl adjacent to an activating group) is 1. The number of nitrogens with zero attached hydrogens (tertiary/aromatic N) is 1. The Morgan fingerprint density at radius 1 is 1.32 bits per heavy atom. The molecule has 1 atom stereocenters. The highest BCUT2D eigenvalue weighted by molar-refractivity contribution is 5.77. The van der Waals surface area contributed by atoms with Gasteiger partial charge in [0.1, 0.15) is 6.61 Å². The molecule has 0 bridgehead atoms. The maximum atomic E-state index is 11.4. The summed E-state index contributed by atoms with van der Waals surface area (Å²) in [6, 6.07) is 8.72. The van der Waals surface area contributed by atoms with E-state index in [2.05, 4.69) is 41.4 Å². The summed E-state index contributed by atoms with van der Waals surface area (Å²) >= 11 is 0. The molecule has 0 aromatic heterocycles. The molecule has 0 fully saturated rings. The highest BCUT2D eigenvalue weighted by atomic mass is 16.5. The Morgan fingerprint density at radius 2 is 1.95 bits per heavy atom. The van der Waals surface area contributed by atoms with E-state index in [-0.39, 0.29) is 18.6 Å². The van der Waals surface area contributed by atoms with Crippen molar-refractivity contribution in [2.24, 2.45) is 0 Å². The van der Waals surface area contributed by atoms with E-state index in [1.165, 1.54) is 18.2 Å². The fourth-order valence-corrected chi connectivity index (χ4v) is 1.97. The number of carbonyl (C=O) groups is 1. The highest BCUT2D eigenvalue weighted by Gasteiger charge is 2.15. The van der Waals surface area contributed by atoms with E-state index >= 15 is 0 Å². The van der Waals surface area contributed by atoms with Crippen molar-refractivity contribution in [2.45, 2.75) is 19.4 Å². The van der Waals surface area contributed by atoms with Crippen LogP contribution in [0.1, 0.15) is 24.1 Å². The Hall–Kier alpha value is -1.39. The van der Waals surface area contributed by atoms with Gasteiger partial charge in [-0.1, -0.05) is 31.2 Å². The molecular formula is C15H24N2O2. The average molecular weight is 264 g/mol. The Bertz CT molecular complexity index is 388. The molecule has 0 radical (unpaired) electrons. The molecule has 4 heteroatoms. The number of aryl methyl sites for hydroxylation is 1. The highest BCUT2D eigenvalue weighted by Crippen LogP contribution is 2.18. The first-order valence-electron chi connectivity index (χ1n) is 6.59. The lowest BCUT2D eigenvalue weighted by molar-refractivity contribution is -0.124. The minimum absolute atomic E-state index is 0.0838. The topological polar surface area (TPSA) is 41.6 Å². The normalized spacial score (nSPS) is 12.5. The summed E-state index contributed by atoms with van der Waals surface area (Å²) in [5, 5.41) is 2.89. The molecule has 19 heavy (non-hydrogen) atoms. The number of hydrogen-bond acceptors (Lipinski definition) is 3. The summed E-state index contributed by atoms with van der Waals surface area (Å²) in [5.41, 5.74) is 2.53. The maximum Gasteiger partial charge on any atom is 0.246 e. The molecule has 106 valence electrons.